The quantitative estimate of drug-likeness (QED) is 0.691. The number of aliphatic carboxylic acids is 1. The zero-order chi connectivity index (χ0) is 17.3. The van der Waals surface area contributed by atoms with E-state index >= 15 is 0 Å². The summed E-state index contributed by atoms with van der Waals surface area (Å²) < 4.78 is 6.14. The van der Waals surface area contributed by atoms with Crippen LogP contribution in [0.5, 0.6) is 0 Å². The van der Waals surface area contributed by atoms with Crippen molar-refractivity contribution in [2.75, 3.05) is 5.32 Å². The van der Waals surface area contributed by atoms with Crippen molar-refractivity contribution in [2.24, 2.45) is 0 Å². The number of nitrogens with one attached hydrogen (secondary N) is 1. The van der Waals surface area contributed by atoms with Gasteiger partial charge in [-0.3, -0.25) is 0 Å². The summed E-state index contributed by atoms with van der Waals surface area (Å²) in [5.74, 6) is -2.19. The molecule has 8 heteroatoms. The second-order valence-electron chi connectivity index (χ2n) is 4.87. The number of benzene rings is 1. The number of aryl methyl sites for hydroxylation is 1. The van der Waals surface area contributed by atoms with Gasteiger partial charge in [0, 0.05) is 10.0 Å². The van der Waals surface area contributed by atoms with E-state index in [9.17, 15) is 19.8 Å². The number of anilines is 1. The molecule has 1 aromatic carbocycles. The summed E-state index contributed by atoms with van der Waals surface area (Å²) in [7, 11) is 0. The van der Waals surface area contributed by atoms with Gasteiger partial charge in [0.05, 0.1) is 10.7 Å². The van der Waals surface area contributed by atoms with Crippen LogP contribution in [0.15, 0.2) is 27.1 Å². The molecule has 0 aliphatic heterocycles. The molecule has 6 nitrogen and oxygen atoms in total. The minimum Gasteiger partial charge on any atom is -0.479 e. The fourth-order valence-corrected chi connectivity index (χ4v) is 3.00. The first-order valence-corrected chi connectivity index (χ1v) is 7.67. The third kappa shape index (κ3) is 3.51. The van der Waals surface area contributed by atoms with Crippen molar-refractivity contribution in [3.63, 3.8) is 0 Å². The highest BCUT2D eigenvalue weighted by Crippen LogP contribution is 2.32. The van der Waals surface area contributed by atoms with Gasteiger partial charge in [0.2, 0.25) is 0 Å². The van der Waals surface area contributed by atoms with Crippen LogP contribution in [0.3, 0.4) is 0 Å². The molecule has 1 atom stereocenters. The predicted molar refractivity (Wildman–Crippen MR) is 88.3 cm³/mol. The Kier molecular flexibility index (Phi) is 5.01. The molecule has 1 aromatic heterocycles. The third-order valence-corrected chi connectivity index (χ3v) is 4.12. The van der Waals surface area contributed by atoms with Crippen molar-refractivity contribution in [3.05, 3.63) is 50.3 Å². The van der Waals surface area contributed by atoms with Gasteiger partial charge in [-0.1, -0.05) is 27.5 Å². The molecular formula is C15H13BrClNO5. The Labute approximate surface area is 145 Å². The second kappa shape index (κ2) is 6.64. The molecule has 1 unspecified atom stereocenters. The van der Waals surface area contributed by atoms with Crippen LogP contribution in [-0.4, -0.2) is 22.2 Å². The Bertz CT molecular complexity index is 786. The number of carbonyl (C=O) groups is 2. The lowest BCUT2D eigenvalue weighted by Crippen LogP contribution is -2.21. The fraction of sp³-hybridized carbons (Fsp3) is 0.200. The van der Waals surface area contributed by atoms with Crippen LogP contribution in [0.4, 0.5) is 5.69 Å². The van der Waals surface area contributed by atoms with E-state index in [1.165, 1.54) is 13.8 Å². The zero-order valence-corrected chi connectivity index (χ0v) is 14.5. The minimum absolute atomic E-state index is 0.0325. The average Bonchev–Trinajstić information content (AvgIpc) is 2.72. The molecule has 122 valence electrons. The lowest BCUT2D eigenvalue weighted by atomic mass is 10.1. The van der Waals surface area contributed by atoms with Crippen molar-refractivity contribution in [1.29, 1.82) is 0 Å². The van der Waals surface area contributed by atoms with Gasteiger partial charge in [-0.2, -0.15) is 0 Å². The Morgan fingerprint density at radius 3 is 2.43 bits per heavy atom. The molecule has 23 heavy (non-hydrogen) atoms. The summed E-state index contributed by atoms with van der Waals surface area (Å²) in [5.41, 5.74) is 0.630. The maximum Gasteiger partial charge on any atom is 0.339 e. The summed E-state index contributed by atoms with van der Waals surface area (Å²) in [5, 5.41) is 21.8. The lowest BCUT2D eigenvalue weighted by molar-refractivity contribution is -0.138. The fourth-order valence-electron chi connectivity index (χ4n) is 2.27. The molecule has 1 heterocycles. The van der Waals surface area contributed by atoms with E-state index in [1.807, 2.05) is 0 Å². The van der Waals surface area contributed by atoms with E-state index in [4.69, 9.17) is 16.0 Å². The number of carboxylic acids is 2. The van der Waals surface area contributed by atoms with Crippen LogP contribution in [-0.2, 0) is 4.79 Å². The van der Waals surface area contributed by atoms with Gasteiger partial charge in [0.15, 0.2) is 6.04 Å². The first-order valence-electron chi connectivity index (χ1n) is 6.50. The summed E-state index contributed by atoms with van der Waals surface area (Å²) in [6.07, 6.45) is 0. The Morgan fingerprint density at radius 1 is 1.30 bits per heavy atom. The highest BCUT2D eigenvalue weighted by molar-refractivity contribution is 9.10. The maximum atomic E-state index is 11.6. The highest BCUT2D eigenvalue weighted by atomic mass is 79.9. The van der Waals surface area contributed by atoms with E-state index in [1.54, 1.807) is 18.2 Å². The molecule has 2 aromatic rings. The number of halogens is 2. The van der Waals surface area contributed by atoms with Crippen molar-refractivity contribution in [2.45, 2.75) is 19.9 Å². The number of furan rings is 1. The van der Waals surface area contributed by atoms with E-state index in [0.29, 0.717) is 10.7 Å². The number of carboxylic acid groups (broad SMARTS) is 2. The first-order chi connectivity index (χ1) is 10.7. The molecule has 0 amide bonds. The number of aromatic carboxylic acids is 1. The van der Waals surface area contributed by atoms with Gasteiger partial charge in [0.1, 0.15) is 17.1 Å². The number of rotatable bonds is 5. The van der Waals surface area contributed by atoms with Crippen LogP contribution in [0.25, 0.3) is 0 Å². The maximum absolute atomic E-state index is 11.6. The minimum atomic E-state index is -1.26. The molecule has 0 spiro atoms. The summed E-state index contributed by atoms with van der Waals surface area (Å²) >= 11 is 9.35. The Hall–Kier alpha value is -1.99. The van der Waals surface area contributed by atoms with Crippen LogP contribution >= 0.6 is 27.5 Å². The van der Waals surface area contributed by atoms with Gasteiger partial charge in [-0.05, 0) is 32.0 Å². The predicted octanol–water partition coefficient (Wildman–Crippen LogP) is 4.25. The number of hydrogen-bond donors (Lipinski definition) is 3. The van der Waals surface area contributed by atoms with E-state index < -0.39 is 18.0 Å². The van der Waals surface area contributed by atoms with Gasteiger partial charge in [0.25, 0.3) is 0 Å². The first kappa shape index (κ1) is 17.4. The Balaban J connectivity index is 2.46. The van der Waals surface area contributed by atoms with Gasteiger partial charge in [-0.15, -0.1) is 0 Å². The lowest BCUT2D eigenvalue weighted by Gasteiger charge is -2.16. The molecule has 0 aliphatic carbocycles. The smallest absolute Gasteiger partial charge is 0.339 e. The standard InChI is InChI=1S/C15H13BrClNO5/c1-6-11(14(19)20)7(2)23-13(6)12(15(21)22)18-10-4-3-8(16)5-9(10)17/h3-5,12,18H,1-2H3,(H,19,20)(H,21,22). The van der Waals surface area contributed by atoms with Gasteiger partial charge >= 0.3 is 11.9 Å². The topological polar surface area (TPSA) is 99.8 Å². The highest BCUT2D eigenvalue weighted by Gasteiger charge is 2.30. The number of hydrogen-bond acceptors (Lipinski definition) is 4. The third-order valence-electron chi connectivity index (χ3n) is 3.31. The summed E-state index contributed by atoms with van der Waals surface area (Å²) in [6.45, 7) is 2.99. The van der Waals surface area contributed by atoms with E-state index in [2.05, 4.69) is 21.2 Å². The average molecular weight is 403 g/mol. The summed E-state index contributed by atoms with van der Waals surface area (Å²) in [6, 6.07) is 3.67. The molecule has 0 radical (unpaired) electrons. The molecule has 0 aliphatic rings. The van der Waals surface area contributed by atoms with E-state index in [0.717, 1.165) is 4.47 Å². The zero-order valence-electron chi connectivity index (χ0n) is 12.2. The van der Waals surface area contributed by atoms with Crippen molar-refractivity contribution < 1.29 is 24.2 Å². The molecule has 3 N–H and O–H groups in total. The molecule has 0 fully saturated rings. The molecule has 0 bridgehead atoms. The van der Waals surface area contributed by atoms with Gasteiger partial charge in [-0.25, -0.2) is 9.59 Å². The van der Waals surface area contributed by atoms with E-state index in [-0.39, 0.29) is 22.6 Å². The molecule has 2 rings (SSSR count). The van der Waals surface area contributed by atoms with Crippen molar-refractivity contribution in [1.82, 2.24) is 0 Å². The van der Waals surface area contributed by atoms with Crippen molar-refractivity contribution >= 4 is 45.2 Å². The molecular weight excluding hydrogens is 390 g/mol. The Morgan fingerprint density at radius 2 is 1.96 bits per heavy atom. The molecule has 0 saturated carbocycles. The largest absolute Gasteiger partial charge is 0.479 e. The van der Waals surface area contributed by atoms with Crippen molar-refractivity contribution in [3.8, 4) is 0 Å². The van der Waals surface area contributed by atoms with Crippen LogP contribution < -0.4 is 5.32 Å². The summed E-state index contributed by atoms with van der Waals surface area (Å²) in [4.78, 5) is 22.8. The van der Waals surface area contributed by atoms with Gasteiger partial charge < -0.3 is 19.9 Å². The SMILES string of the molecule is Cc1oc(C(Nc2ccc(Br)cc2Cl)C(=O)O)c(C)c1C(=O)O. The van der Waals surface area contributed by atoms with Crippen LogP contribution in [0.2, 0.25) is 5.02 Å². The monoisotopic (exact) mass is 401 g/mol. The molecule has 0 saturated heterocycles. The van der Waals surface area contributed by atoms with Crippen LogP contribution in [0.1, 0.15) is 33.5 Å². The second-order valence-corrected chi connectivity index (χ2v) is 6.19. The normalized spacial score (nSPS) is 12.0. The van der Waals surface area contributed by atoms with Crippen LogP contribution in [0, 0.1) is 13.8 Å².